The van der Waals surface area contributed by atoms with Gasteiger partial charge in [0, 0.05) is 31.4 Å². The molecule has 0 radical (unpaired) electrons. The average molecular weight is 548 g/mol. The number of nitrogens with zero attached hydrogens (tertiary/aromatic N) is 4. The lowest BCUT2D eigenvalue weighted by atomic mass is 10.0. The number of ether oxygens (including phenoxy) is 1. The maximum atomic E-state index is 13.5. The van der Waals surface area contributed by atoms with Gasteiger partial charge in [-0.1, -0.05) is 18.7 Å². The van der Waals surface area contributed by atoms with Gasteiger partial charge < -0.3 is 19.9 Å². The highest BCUT2D eigenvalue weighted by Crippen LogP contribution is 2.39. The fourth-order valence-corrected chi connectivity index (χ4v) is 5.90. The number of likely N-dealkylation sites (tertiary alicyclic amines) is 3. The molecule has 3 aliphatic heterocycles. The first-order chi connectivity index (χ1) is 18.2. The number of carbonyl (C=O) groups excluding carboxylic acids is 2. The minimum Gasteiger partial charge on any atom is -0.444 e. The molecule has 3 aliphatic rings. The van der Waals surface area contributed by atoms with Gasteiger partial charge in [-0.05, 0) is 64.7 Å². The Labute approximate surface area is 227 Å². The third-order valence-corrected chi connectivity index (χ3v) is 7.71. The Hall–Kier alpha value is -3.26. The van der Waals surface area contributed by atoms with Crippen molar-refractivity contribution in [2.45, 2.75) is 88.9 Å². The maximum Gasteiger partial charge on any atom is 0.416 e. The minimum atomic E-state index is -4.46. The van der Waals surface area contributed by atoms with Crippen LogP contribution in [0.5, 0.6) is 0 Å². The van der Waals surface area contributed by atoms with Crippen LogP contribution in [-0.2, 0) is 15.7 Å². The number of hydrogen-bond donors (Lipinski definition) is 1. The Morgan fingerprint density at radius 2 is 2.03 bits per heavy atom. The fraction of sp³-hybridized carbons (Fsp3) is 0.607. The molecule has 2 amide bonds. The van der Waals surface area contributed by atoms with E-state index in [-0.39, 0.29) is 18.0 Å². The Kier molecular flexibility index (Phi) is 7.90. The molecule has 0 aromatic heterocycles. The Morgan fingerprint density at radius 1 is 1.31 bits per heavy atom. The van der Waals surface area contributed by atoms with Crippen molar-refractivity contribution in [1.29, 1.82) is 5.26 Å². The van der Waals surface area contributed by atoms with Crippen molar-refractivity contribution in [3.05, 3.63) is 47.7 Å². The van der Waals surface area contributed by atoms with Crippen molar-refractivity contribution in [1.82, 2.24) is 20.0 Å². The Morgan fingerprint density at radius 3 is 2.64 bits per heavy atom. The quantitative estimate of drug-likeness (QED) is 0.543. The zero-order valence-electron chi connectivity index (χ0n) is 22.8. The molecule has 0 aliphatic carbocycles. The van der Waals surface area contributed by atoms with E-state index in [2.05, 4.69) is 18.0 Å². The summed E-state index contributed by atoms with van der Waals surface area (Å²) in [6.45, 7) is 12.7. The van der Waals surface area contributed by atoms with Gasteiger partial charge in [-0.25, -0.2) is 4.79 Å². The van der Waals surface area contributed by atoms with Crippen molar-refractivity contribution in [2.24, 2.45) is 0 Å². The standard InChI is InChI=1S/C28H36F3N5O3/c1-17(19-8-6-9-20(12-19)28(29,30)31)36-22-13-24(25(36)37)34(15-22)16-23(33-26(38)39-27(3,4)5)18(2)35-11-7-10-21(35)14-32/h6,8-9,12,17,21-24H,2,7,10-11,13,15-16H2,1,3-5H3,(H,33,38)/t17?,21?,22?,23-,24-/m0/s1. The number of fused-ring (bicyclic) bond motifs is 2. The van der Waals surface area contributed by atoms with Gasteiger partial charge in [-0.15, -0.1) is 0 Å². The first-order valence-electron chi connectivity index (χ1n) is 13.3. The maximum absolute atomic E-state index is 13.5. The highest BCUT2D eigenvalue weighted by molar-refractivity contribution is 5.86. The number of carbonyl (C=O) groups is 2. The molecular weight excluding hydrogens is 511 g/mol. The van der Waals surface area contributed by atoms with Crippen molar-refractivity contribution in [2.75, 3.05) is 19.6 Å². The summed E-state index contributed by atoms with van der Waals surface area (Å²) in [6, 6.07) is 5.35. The monoisotopic (exact) mass is 547 g/mol. The first kappa shape index (κ1) is 28.7. The fourth-order valence-electron chi connectivity index (χ4n) is 5.90. The average Bonchev–Trinajstić information content (AvgIpc) is 3.55. The Balaban J connectivity index is 1.49. The van der Waals surface area contributed by atoms with Crippen LogP contribution in [0, 0.1) is 11.3 Å². The first-order valence-corrected chi connectivity index (χ1v) is 13.3. The second-order valence-electron chi connectivity index (χ2n) is 11.6. The second-order valence-corrected chi connectivity index (χ2v) is 11.6. The summed E-state index contributed by atoms with van der Waals surface area (Å²) < 4.78 is 45.2. The van der Waals surface area contributed by atoms with E-state index in [9.17, 15) is 28.0 Å². The normalized spacial score (nSPS) is 25.0. The molecule has 39 heavy (non-hydrogen) atoms. The minimum absolute atomic E-state index is 0.145. The molecule has 3 unspecified atom stereocenters. The van der Waals surface area contributed by atoms with Crippen LogP contribution in [0.25, 0.3) is 0 Å². The van der Waals surface area contributed by atoms with Crippen molar-refractivity contribution in [3.8, 4) is 6.07 Å². The summed E-state index contributed by atoms with van der Waals surface area (Å²) in [7, 11) is 0. The molecule has 3 heterocycles. The van der Waals surface area contributed by atoms with Crippen molar-refractivity contribution in [3.63, 3.8) is 0 Å². The molecule has 212 valence electrons. The molecule has 11 heteroatoms. The van der Waals surface area contributed by atoms with E-state index >= 15 is 0 Å². The van der Waals surface area contributed by atoms with E-state index in [0.29, 0.717) is 43.7 Å². The zero-order valence-corrected chi connectivity index (χ0v) is 22.8. The molecule has 5 atom stereocenters. The van der Waals surface area contributed by atoms with Crippen molar-refractivity contribution >= 4 is 12.0 Å². The number of piperazine rings is 1. The molecule has 1 aromatic carbocycles. The van der Waals surface area contributed by atoms with Gasteiger partial charge in [0.25, 0.3) is 0 Å². The van der Waals surface area contributed by atoms with Crippen molar-refractivity contribution < 1.29 is 27.5 Å². The molecule has 0 saturated carbocycles. The number of hydrogen-bond acceptors (Lipinski definition) is 6. The van der Waals surface area contributed by atoms with Crippen LogP contribution in [0.2, 0.25) is 0 Å². The topological polar surface area (TPSA) is 88.9 Å². The highest BCUT2D eigenvalue weighted by Gasteiger charge is 2.52. The number of alkyl halides is 3. The number of rotatable bonds is 7. The number of alkyl carbamates (subject to hydrolysis) is 1. The van der Waals surface area contributed by atoms with E-state index in [1.165, 1.54) is 6.07 Å². The lowest BCUT2D eigenvalue weighted by Gasteiger charge is -2.40. The molecule has 1 N–H and O–H groups in total. The predicted octanol–water partition coefficient (Wildman–Crippen LogP) is 4.45. The molecule has 3 saturated heterocycles. The number of halogens is 3. The number of nitrogens with one attached hydrogen (secondary N) is 1. The zero-order chi connectivity index (χ0) is 28.7. The summed E-state index contributed by atoms with van der Waals surface area (Å²) >= 11 is 0. The summed E-state index contributed by atoms with van der Waals surface area (Å²) in [5.41, 5.74) is -0.417. The largest absolute Gasteiger partial charge is 0.444 e. The second kappa shape index (κ2) is 10.7. The van der Waals surface area contributed by atoms with Crippen LogP contribution < -0.4 is 5.32 Å². The van der Waals surface area contributed by atoms with Gasteiger partial charge in [0.2, 0.25) is 5.91 Å². The van der Waals surface area contributed by atoms with Gasteiger partial charge in [-0.3, -0.25) is 9.69 Å². The van der Waals surface area contributed by atoms with Gasteiger partial charge in [0.15, 0.2) is 0 Å². The Bertz CT molecular complexity index is 1160. The van der Waals surface area contributed by atoms with Crippen LogP contribution in [0.1, 0.15) is 64.1 Å². The predicted molar refractivity (Wildman–Crippen MR) is 138 cm³/mol. The van der Waals surface area contributed by atoms with E-state index in [1.807, 2.05) is 9.80 Å². The molecular formula is C28H36F3N5O3. The lowest BCUT2D eigenvalue weighted by molar-refractivity contribution is -0.139. The lowest BCUT2D eigenvalue weighted by Crippen LogP contribution is -2.56. The molecule has 8 nitrogen and oxygen atoms in total. The highest BCUT2D eigenvalue weighted by atomic mass is 19.4. The summed E-state index contributed by atoms with van der Waals surface area (Å²) in [4.78, 5) is 31.8. The summed E-state index contributed by atoms with van der Waals surface area (Å²) in [5, 5.41) is 12.5. The van der Waals surface area contributed by atoms with E-state index in [4.69, 9.17) is 4.74 Å². The smallest absolute Gasteiger partial charge is 0.416 e. The molecule has 2 bridgehead atoms. The van der Waals surface area contributed by atoms with Crippen LogP contribution in [0.15, 0.2) is 36.5 Å². The van der Waals surface area contributed by atoms with Gasteiger partial charge in [0.05, 0.1) is 29.8 Å². The van der Waals surface area contributed by atoms with Gasteiger partial charge in [0.1, 0.15) is 11.6 Å². The molecule has 1 aromatic rings. The molecule has 3 fully saturated rings. The van der Waals surface area contributed by atoms with E-state index in [0.717, 1.165) is 18.6 Å². The van der Waals surface area contributed by atoms with Gasteiger partial charge in [-0.2, -0.15) is 18.4 Å². The molecule has 0 spiro atoms. The summed E-state index contributed by atoms with van der Waals surface area (Å²) in [6.07, 6.45) is -2.97. The third kappa shape index (κ3) is 6.16. The van der Waals surface area contributed by atoms with Gasteiger partial charge >= 0.3 is 12.3 Å². The summed E-state index contributed by atoms with van der Waals surface area (Å²) in [5.74, 6) is -0.145. The third-order valence-electron chi connectivity index (χ3n) is 7.71. The SMILES string of the molecule is C=C([C@H](CN1CC2C[C@H]1C(=O)N2C(C)c1cccc(C(F)(F)F)c1)NC(=O)OC(C)(C)C)N1CCCC1C#N. The van der Waals surface area contributed by atoms with Crippen LogP contribution in [-0.4, -0.2) is 76.1 Å². The number of benzene rings is 1. The van der Waals surface area contributed by atoms with Crippen LogP contribution >= 0.6 is 0 Å². The van der Waals surface area contributed by atoms with E-state index in [1.54, 1.807) is 38.7 Å². The molecule has 4 rings (SSSR count). The number of nitriles is 1. The van der Waals surface area contributed by atoms with Crippen LogP contribution in [0.3, 0.4) is 0 Å². The number of amides is 2. The van der Waals surface area contributed by atoms with Crippen LogP contribution in [0.4, 0.5) is 18.0 Å². The van der Waals surface area contributed by atoms with E-state index < -0.39 is 41.6 Å².